The number of ether oxygens (including phenoxy) is 2. The van der Waals surface area contributed by atoms with Crippen molar-refractivity contribution in [2.45, 2.75) is 39.2 Å². The molecule has 104 valence electrons. The van der Waals surface area contributed by atoms with Gasteiger partial charge in [0.25, 0.3) is 0 Å². The van der Waals surface area contributed by atoms with Gasteiger partial charge in [-0.3, -0.25) is 0 Å². The van der Waals surface area contributed by atoms with Gasteiger partial charge >= 0.3 is 5.97 Å². The van der Waals surface area contributed by atoms with Crippen molar-refractivity contribution in [3.05, 3.63) is 23.9 Å². The van der Waals surface area contributed by atoms with E-state index in [1.54, 1.807) is 18.3 Å². The summed E-state index contributed by atoms with van der Waals surface area (Å²) in [5, 5.41) is 0. The number of aromatic nitrogens is 1. The van der Waals surface area contributed by atoms with E-state index < -0.39 is 0 Å². The van der Waals surface area contributed by atoms with Crippen LogP contribution in [0.1, 0.15) is 43.5 Å². The fraction of sp³-hybridized carbons (Fsp3) is 0.600. The zero-order valence-corrected chi connectivity index (χ0v) is 11.8. The van der Waals surface area contributed by atoms with Gasteiger partial charge in [0.1, 0.15) is 6.10 Å². The maximum absolute atomic E-state index is 11.4. The van der Waals surface area contributed by atoms with E-state index in [2.05, 4.69) is 18.8 Å². The summed E-state index contributed by atoms with van der Waals surface area (Å²) >= 11 is 0. The minimum Gasteiger partial charge on any atom is -0.474 e. The first-order valence-electron chi connectivity index (χ1n) is 6.81. The lowest BCUT2D eigenvalue weighted by Crippen LogP contribution is -2.29. The quantitative estimate of drug-likeness (QED) is 0.786. The smallest absolute Gasteiger partial charge is 0.338 e. The number of carbonyl (C=O) groups is 1. The lowest BCUT2D eigenvalue weighted by Gasteiger charge is -2.31. The van der Waals surface area contributed by atoms with Crippen LogP contribution < -0.4 is 4.74 Å². The summed E-state index contributed by atoms with van der Waals surface area (Å²) in [7, 11) is 1.37. The van der Waals surface area contributed by atoms with Crippen LogP contribution in [0.2, 0.25) is 0 Å². The molecule has 19 heavy (non-hydrogen) atoms. The summed E-state index contributed by atoms with van der Waals surface area (Å²) in [5.41, 5.74) is 0.477. The fourth-order valence-corrected chi connectivity index (χ4v) is 2.49. The van der Waals surface area contributed by atoms with Gasteiger partial charge in [0.15, 0.2) is 0 Å². The molecular formula is C15H21NO3. The summed E-state index contributed by atoms with van der Waals surface area (Å²) in [6.45, 7) is 4.55. The van der Waals surface area contributed by atoms with Crippen molar-refractivity contribution in [1.29, 1.82) is 0 Å². The average molecular weight is 263 g/mol. The molecule has 0 saturated heterocycles. The molecule has 0 spiro atoms. The molecule has 0 aromatic carbocycles. The Labute approximate surface area is 114 Å². The first kappa shape index (κ1) is 13.8. The molecule has 0 radical (unpaired) electrons. The van der Waals surface area contributed by atoms with E-state index in [0.717, 1.165) is 18.8 Å². The molecule has 0 bridgehead atoms. The molecule has 1 aliphatic rings. The van der Waals surface area contributed by atoms with Gasteiger partial charge in [-0.25, -0.2) is 9.78 Å². The van der Waals surface area contributed by atoms with E-state index in [4.69, 9.17) is 9.47 Å². The average Bonchev–Trinajstić information content (AvgIpc) is 2.42. The molecule has 4 nitrogen and oxygen atoms in total. The molecule has 1 heterocycles. The largest absolute Gasteiger partial charge is 0.474 e. The van der Waals surface area contributed by atoms with Crippen LogP contribution in [0, 0.1) is 11.8 Å². The lowest BCUT2D eigenvalue weighted by molar-refractivity contribution is 0.0598. The monoisotopic (exact) mass is 263 g/mol. The number of hydrogen-bond donors (Lipinski definition) is 0. The summed E-state index contributed by atoms with van der Waals surface area (Å²) in [6, 6.07) is 3.28. The van der Waals surface area contributed by atoms with Crippen LogP contribution in [0.25, 0.3) is 0 Å². The maximum atomic E-state index is 11.4. The third-order valence-electron chi connectivity index (χ3n) is 3.99. The fourth-order valence-electron chi connectivity index (χ4n) is 2.49. The summed E-state index contributed by atoms with van der Waals surface area (Å²) in [6.07, 6.45) is 5.06. The van der Waals surface area contributed by atoms with E-state index in [1.807, 2.05) is 0 Å². The molecule has 0 amide bonds. The van der Waals surface area contributed by atoms with Crippen molar-refractivity contribution in [2.75, 3.05) is 7.11 Å². The Morgan fingerprint density at radius 2 is 2.11 bits per heavy atom. The summed E-state index contributed by atoms with van der Waals surface area (Å²) in [4.78, 5) is 15.6. The molecule has 1 fully saturated rings. The van der Waals surface area contributed by atoms with Gasteiger partial charge in [-0.05, 0) is 37.2 Å². The van der Waals surface area contributed by atoms with Gasteiger partial charge in [0.2, 0.25) is 5.88 Å². The van der Waals surface area contributed by atoms with Crippen LogP contribution in [0.3, 0.4) is 0 Å². The van der Waals surface area contributed by atoms with Crippen LogP contribution in [0.15, 0.2) is 18.3 Å². The first-order valence-corrected chi connectivity index (χ1v) is 6.81. The van der Waals surface area contributed by atoms with E-state index in [1.165, 1.54) is 13.5 Å². The first-order chi connectivity index (χ1) is 9.10. The number of pyridine rings is 1. The van der Waals surface area contributed by atoms with Crippen LogP contribution in [0.5, 0.6) is 5.88 Å². The molecular weight excluding hydrogens is 242 g/mol. The number of nitrogens with zero attached hydrogens (tertiary/aromatic N) is 1. The van der Waals surface area contributed by atoms with Crippen molar-refractivity contribution >= 4 is 5.97 Å². The number of methoxy groups -OCH3 is 1. The molecule has 1 aromatic rings. The van der Waals surface area contributed by atoms with Gasteiger partial charge in [0, 0.05) is 12.3 Å². The van der Waals surface area contributed by atoms with Crippen molar-refractivity contribution < 1.29 is 14.3 Å². The predicted molar refractivity (Wildman–Crippen MR) is 72.2 cm³/mol. The summed E-state index contributed by atoms with van der Waals surface area (Å²) < 4.78 is 10.6. The van der Waals surface area contributed by atoms with E-state index >= 15 is 0 Å². The second-order valence-corrected chi connectivity index (χ2v) is 5.38. The molecule has 0 N–H and O–H groups in total. The highest BCUT2D eigenvalue weighted by Crippen LogP contribution is 2.31. The number of rotatable bonds is 3. The Morgan fingerprint density at radius 1 is 1.32 bits per heavy atom. The maximum Gasteiger partial charge on any atom is 0.338 e. The Kier molecular flexibility index (Phi) is 4.40. The Morgan fingerprint density at radius 3 is 2.79 bits per heavy atom. The van der Waals surface area contributed by atoms with Crippen molar-refractivity contribution in [1.82, 2.24) is 4.98 Å². The zero-order valence-electron chi connectivity index (χ0n) is 11.8. The van der Waals surface area contributed by atoms with Crippen molar-refractivity contribution in [2.24, 2.45) is 11.8 Å². The second kappa shape index (κ2) is 6.04. The van der Waals surface area contributed by atoms with Crippen LogP contribution in [-0.2, 0) is 4.74 Å². The van der Waals surface area contributed by atoms with Crippen LogP contribution >= 0.6 is 0 Å². The van der Waals surface area contributed by atoms with Gasteiger partial charge in [-0.2, -0.15) is 0 Å². The SMILES string of the molecule is COC(=O)c1ccnc(OC2CCC(C)C(C)C2)c1. The van der Waals surface area contributed by atoms with Gasteiger partial charge in [0.05, 0.1) is 12.7 Å². The van der Waals surface area contributed by atoms with E-state index in [0.29, 0.717) is 17.4 Å². The second-order valence-electron chi connectivity index (χ2n) is 5.38. The van der Waals surface area contributed by atoms with E-state index in [-0.39, 0.29) is 12.1 Å². The van der Waals surface area contributed by atoms with Crippen molar-refractivity contribution in [3.63, 3.8) is 0 Å². The minimum absolute atomic E-state index is 0.201. The van der Waals surface area contributed by atoms with Gasteiger partial charge in [-0.15, -0.1) is 0 Å². The predicted octanol–water partition coefficient (Wildman–Crippen LogP) is 3.07. The molecule has 0 aliphatic heterocycles. The van der Waals surface area contributed by atoms with Crippen LogP contribution in [0.4, 0.5) is 0 Å². The summed E-state index contributed by atoms with van der Waals surface area (Å²) in [5.74, 6) is 1.57. The number of hydrogen-bond acceptors (Lipinski definition) is 4. The Hall–Kier alpha value is -1.58. The van der Waals surface area contributed by atoms with Crippen LogP contribution in [-0.4, -0.2) is 24.2 Å². The Bertz CT molecular complexity index is 447. The van der Waals surface area contributed by atoms with E-state index in [9.17, 15) is 4.79 Å². The molecule has 1 saturated carbocycles. The molecule has 2 rings (SSSR count). The number of esters is 1. The minimum atomic E-state index is -0.363. The number of carbonyl (C=O) groups excluding carboxylic acids is 1. The lowest BCUT2D eigenvalue weighted by atomic mass is 9.80. The Balaban J connectivity index is 2.01. The van der Waals surface area contributed by atoms with Gasteiger partial charge in [-0.1, -0.05) is 13.8 Å². The third-order valence-corrected chi connectivity index (χ3v) is 3.99. The standard InChI is InChI=1S/C15H21NO3/c1-10-4-5-13(8-11(10)2)19-14-9-12(6-7-16-14)15(17)18-3/h6-7,9-11,13H,4-5,8H2,1-3H3. The molecule has 3 atom stereocenters. The zero-order chi connectivity index (χ0) is 13.8. The normalized spacial score (nSPS) is 26.8. The topological polar surface area (TPSA) is 48.4 Å². The van der Waals surface area contributed by atoms with Gasteiger partial charge < -0.3 is 9.47 Å². The highest BCUT2D eigenvalue weighted by molar-refractivity contribution is 5.89. The highest BCUT2D eigenvalue weighted by atomic mass is 16.5. The highest BCUT2D eigenvalue weighted by Gasteiger charge is 2.26. The van der Waals surface area contributed by atoms with Crippen molar-refractivity contribution in [3.8, 4) is 5.88 Å². The molecule has 1 aliphatic carbocycles. The molecule has 1 aromatic heterocycles. The molecule has 3 unspecified atom stereocenters. The third kappa shape index (κ3) is 3.46. The molecule has 4 heteroatoms.